The second-order valence-corrected chi connectivity index (χ2v) is 8.22. The van der Waals surface area contributed by atoms with E-state index >= 15 is 0 Å². The van der Waals surface area contributed by atoms with E-state index < -0.39 is 18.1 Å². The van der Waals surface area contributed by atoms with Gasteiger partial charge in [-0.05, 0) is 42.0 Å². The lowest BCUT2D eigenvalue weighted by Gasteiger charge is -2.23. The number of rotatable bonds is 8. The van der Waals surface area contributed by atoms with E-state index in [1.807, 2.05) is 24.3 Å². The maximum atomic E-state index is 12.5. The van der Waals surface area contributed by atoms with Crippen LogP contribution in [0.1, 0.15) is 43.2 Å². The first-order valence-electron chi connectivity index (χ1n) is 10.6. The second-order valence-electron chi connectivity index (χ2n) is 8.22. The Morgan fingerprint density at radius 2 is 1.65 bits per heavy atom. The minimum atomic E-state index is -1.03. The summed E-state index contributed by atoms with van der Waals surface area (Å²) in [4.78, 5) is 37.2. The van der Waals surface area contributed by atoms with Gasteiger partial charge in [-0.1, -0.05) is 48.5 Å². The average molecular weight is 422 g/mol. The molecule has 2 aromatic rings. The number of alkyl carbamates (subject to hydrolysis) is 1. The van der Waals surface area contributed by atoms with Gasteiger partial charge in [0.2, 0.25) is 5.91 Å². The Labute approximate surface area is 181 Å². The van der Waals surface area contributed by atoms with Crippen LogP contribution in [0, 0.1) is 0 Å². The first-order chi connectivity index (χ1) is 14.9. The van der Waals surface area contributed by atoms with Crippen molar-refractivity contribution in [2.75, 3.05) is 13.2 Å². The fourth-order valence-corrected chi connectivity index (χ4v) is 4.22. The molecule has 0 radical (unpaired) electrons. The number of amides is 2. The van der Waals surface area contributed by atoms with Gasteiger partial charge >= 0.3 is 12.1 Å². The van der Waals surface area contributed by atoms with E-state index in [2.05, 4.69) is 29.6 Å². The van der Waals surface area contributed by atoms with Crippen LogP contribution in [0.2, 0.25) is 0 Å². The van der Waals surface area contributed by atoms with Crippen molar-refractivity contribution < 1.29 is 24.2 Å². The van der Waals surface area contributed by atoms with Gasteiger partial charge in [-0.15, -0.1) is 0 Å². The van der Waals surface area contributed by atoms with Gasteiger partial charge in [-0.3, -0.25) is 9.59 Å². The van der Waals surface area contributed by atoms with Crippen LogP contribution in [0.4, 0.5) is 4.79 Å². The molecule has 31 heavy (non-hydrogen) atoms. The zero-order chi connectivity index (χ0) is 22.0. The third kappa shape index (κ3) is 4.71. The zero-order valence-electron chi connectivity index (χ0n) is 17.4. The molecule has 0 aromatic heterocycles. The highest BCUT2D eigenvalue weighted by Crippen LogP contribution is 2.44. The lowest BCUT2D eigenvalue weighted by Crippen LogP contribution is -2.42. The van der Waals surface area contributed by atoms with E-state index in [9.17, 15) is 14.4 Å². The van der Waals surface area contributed by atoms with E-state index in [0.717, 1.165) is 35.1 Å². The summed E-state index contributed by atoms with van der Waals surface area (Å²) >= 11 is 0. The van der Waals surface area contributed by atoms with Crippen LogP contribution in [-0.4, -0.2) is 53.2 Å². The molecular weight excluding hydrogens is 396 g/mol. The third-order valence-electron chi connectivity index (χ3n) is 5.80. The number of benzene rings is 2. The first kappa shape index (κ1) is 20.9. The van der Waals surface area contributed by atoms with Gasteiger partial charge in [-0.2, -0.15) is 0 Å². The van der Waals surface area contributed by atoms with Gasteiger partial charge in [0.1, 0.15) is 13.2 Å². The summed E-state index contributed by atoms with van der Waals surface area (Å²) in [6.45, 7) is 1.61. The summed E-state index contributed by atoms with van der Waals surface area (Å²) in [6, 6.07) is 15.8. The van der Waals surface area contributed by atoms with Gasteiger partial charge in [0, 0.05) is 24.4 Å². The van der Waals surface area contributed by atoms with E-state index in [1.54, 1.807) is 6.92 Å². The molecule has 2 aliphatic rings. The number of ether oxygens (including phenoxy) is 1. The molecule has 1 saturated carbocycles. The van der Waals surface area contributed by atoms with Crippen molar-refractivity contribution in [1.29, 1.82) is 0 Å². The minimum Gasteiger partial charge on any atom is -0.480 e. The fraction of sp³-hybridized carbons (Fsp3) is 0.375. The summed E-state index contributed by atoms with van der Waals surface area (Å²) in [6.07, 6.45) is 1.10. The molecule has 1 atom stereocenters. The van der Waals surface area contributed by atoms with Crippen molar-refractivity contribution in [3.63, 3.8) is 0 Å². The standard InChI is InChI=1S/C24H26N2O5/c1-15(12-22(27)26(13-23(28)29)16-10-11-16)25-24(30)31-14-21-19-8-4-2-6-17(19)18-7-3-5-9-20(18)21/h2-9,15-16,21H,10-14H2,1H3,(H,25,30)(H,28,29)/t15-/m0/s1. The Balaban J connectivity index is 1.32. The Bertz CT molecular complexity index is 955. The van der Waals surface area contributed by atoms with Crippen LogP contribution in [0.3, 0.4) is 0 Å². The molecule has 2 amide bonds. The molecule has 2 aromatic carbocycles. The van der Waals surface area contributed by atoms with Crippen LogP contribution in [0.5, 0.6) is 0 Å². The van der Waals surface area contributed by atoms with E-state index in [1.165, 1.54) is 4.90 Å². The number of hydrogen-bond donors (Lipinski definition) is 2. The number of fused-ring (bicyclic) bond motifs is 3. The van der Waals surface area contributed by atoms with Crippen molar-refractivity contribution in [2.24, 2.45) is 0 Å². The van der Waals surface area contributed by atoms with E-state index in [4.69, 9.17) is 9.84 Å². The van der Waals surface area contributed by atoms with Crippen LogP contribution < -0.4 is 5.32 Å². The monoisotopic (exact) mass is 422 g/mol. The van der Waals surface area contributed by atoms with Crippen LogP contribution in [0.15, 0.2) is 48.5 Å². The molecule has 7 heteroatoms. The van der Waals surface area contributed by atoms with Crippen LogP contribution in [0.25, 0.3) is 11.1 Å². The van der Waals surface area contributed by atoms with Crippen LogP contribution >= 0.6 is 0 Å². The van der Waals surface area contributed by atoms with Crippen molar-refractivity contribution in [2.45, 2.75) is 44.2 Å². The van der Waals surface area contributed by atoms with Gasteiger partial charge in [-0.25, -0.2) is 4.79 Å². The molecule has 0 aliphatic heterocycles. The Kier molecular flexibility index (Phi) is 5.93. The maximum absolute atomic E-state index is 12.5. The summed E-state index contributed by atoms with van der Waals surface area (Å²) in [7, 11) is 0. The smallest absolute Gasteiger partial charge is 0.407 e. The van der Waals surface area contributed by atoms with Crippen molar-refractivity contribution >= 4 is 18.0 Å². The molecule has 0 bridgehead atoms. The van der Waals surface area contributed by atoms with Crippen molar-refractivity contribution in [3.05, 3.63) is 59.7 Å². The average Bonchev–Trinajstić information content (AvgIpc) is 3.53. The largest absolute Gasteiger partial charge is 0.480 e. The van der Waals surface area contributed by atoms with Crippen molar-refractivity contribution in [1.82, 2.24) is 10.2 Å². The van der Waals surface area contributed by atoms with E-state index in [-0.39, 0.29) is 37.4 Å². The highest BCUT2D eigenvalue weighted by molar-refractivity contribution is 5.83. The Morgan fingerprint density at radius 1 is 1.06 bits per heavy atom. The van der Waals surface area contributed by atoms with Crippen molar-refractivity contribution in [3.8, 4) is 11.1 Å². The third-order valence-corrected chi connectivity index (χ3v) is 5.80. The fourth-order valence-electron chi connectivity index (χ4n) is 4.22. The van der Waals surface area contributed by atoms with Crippen LogP contribution in [-0.2, 0) is 14.3 Å². The molecule has 0 unspecified atom stereocenters. The van der Waals surface area contributed by atoms with Gasteiger partial charge in [0.25, 0.3) is 0 Å². The molecule has 0 saturated heterocycles. The highest BCUT2D eigenvalue weighted by Gasteiger charge is 2.34. The lowest BCUT2D eigenvalue weighted by molar-refractivity contribution is -0.145. The molecule has 1 fully saturated rings. The molecular formula is C24H26N2O5. The maximum Gasteiger partial charge on any atom is 0.407 e. The number of aliphatic carboxylic acids is 1. The SMILES string of the molecule is C[C@@H](CC(=O)N(CC(=O)O)C1CC1)NC(=O)OCC1c2ccccc2-c2ccccc21. The predicted molar refractivity (Wildman–Crippen MR) is 115 cm³/mol. The number of carbonyl (C=O) groups excluding carboxylic acids is 2. The Hall–Kier alpha value is -3.35. The summed E-state index contributed by atoms with van der Waals surface area (Å²) in [5, 5.41) is 11.7. The molecule has 2 aliphatic carbocycles. The molecule has 4 rings (SSSR count). The topological polar surface area (TPSA) is 95.9 Å². The van der Waals surface area contributed by atoms with E-state index in [0.29, 0.717) is 0 Å². The summed E-state index contributed by atoms with van der Waals surface area (Å²) < 4.78 is 5.51. The second kappa shape index (κ2) is 8.79. The number of carboxylic acid groups (broad SMARTS) is 1. The van der Waals surface area contributed by atoms with Gasteiger partial charge < -0.3 is 20.1 Å². The highest BCUT2D eigenvalue weighted by atomic mass is 16.5. The van der Waals surface area contributed by atoms with Gasteiger partial charge in [0.05, 0.1) is 0 Å². The number of carboxylic acids is 1. The molecule has 7 nitrogen and oxygen atoms in total. The number of hydrogen-bond acceptors (Lipinski definition) is 4. The number of nitrogens with zero attached hydrogens (tertiary/aromatic N) is 1. The van der Waals surface area contributed by atoms with Gasteiger partial charge in [0.15, 0.2) is 0 Å². The predicted octanol–water partition coefficient (Wildman–Crippen LogP) is 3.38. The lowest BCUT2D eigenvalue weighted by atomic mass is 9.98. The Morgan fingerprint density at radius 3 is 2.19 bits per heavy atom. The minimum absolute atomic E-state index is 0.00487. The molecule has 0 heterocycles. The number of nitrogens with one attached hydrogen (secondary N) is 1. The zero-order valence-corrected chi connectivity index (χ0v) is 17.4. The number of carbonyl (C=O) groups is 3. The first-order valence-corrected chi connectivity index (χ1v) is 10.6. The molecule has 162 valence electrons. The summed E-state index contributed by atoms with van der Waals surface area (Å²) in [5.74, 6) is -1.33. The normalized spacial score (nSPS) is 15.5. The molecule has 2 N–H and O–H groups in total. The molecule has 0 spiro atoms. The summed E-state index contributed by atoms with van der Waals surface area (Å²) in [5.41, 5.74) is 4.58. The quantitative estimate of drug-likeness (QED) is 0.680.